The molecule has 0 bridgehead atoms. The summed E-state index contributed by atoms with van der Waals surface area (Å²) in [5, 5.41) is 2.43. The molecule has 0 aromatic carbocycles. The van der Waals surface area contributed by atoms with Crippen molar-refractivity contribution in [2.24, 2.45) is 0 Å². The highest BCUT2D eigenvalue weighted by molar-refractivity contribution is 7.51. The molecule has 0 aliphatic heterocycles. The van der Waals surface area contributed by atoms with Gasteiger partial charge in [-0.3, -0.25) is 4.57 Å². The molecule has 0 aromatic rings. The van der Waals surface area contributed by atoms with E-state index in [4.69, 9.17) is 9.79 Å². The smallest absolute Gasteiger partial charge is 0.344 e. The summed E-state index contributed by atoms with van der Waals surface area (Å²) in [7, 11) is -3.89. The fourth-order valence-electron chi connectivity index (χ4n) is 0.238. The van der Waals surface area contributed by atoms with Crippen molar-refractivity contribution >= 4 is 7.60 Å². The van der Waals surface area contributed by atoms with Gasteiger partial charge in [0.15, 0.2) is 0 Å². The van der Waals surface area contributed by atoms with Crippen LogP contribution in [0.15, 0.2) is 12.3 Å². The van der Waals surface area contributed by atoms with Gasteiger partial charge in [0.25, 0.3) is 0 Å². The van der Waals surface area contributed by atoms with Gasteiger partial charge in [-0.25, -0.2) is 0 Å². The molecule has 0 saturated heterocycles. The highest BCUT2D eigenvalue weighted by Crippen LogP contribution is 2.32. The molecule has 0 atom stereocenters. The van der Waals surface area contributed by atoms with Gasteiger partial charge in [0, 0.05) is 5.70 Å². The Kier molecular flexibility index (Phi) is 2.91. The zero-order chi connectivity index (χ0) is 7.49. The maximum atomic E-state index is 10.1. The Morgan fingerprint density at radius 1 is 1.78 bits per heavy atom. The molecule has 0 unspecified atom stereocenters. The van der Waals surface area contributed by atoms with Gasteiger partial charge in [0.2, 0.25) is 0 Å². The molecule has 0 aromatic heterocycles. The van der Waals surface area contributed by atoms with Gasteiger partial charge in [0.1, 0.15) is 6.29 Å². The molecule has 0 aliphatic rings. The molecule has 4 nitrogen and oxygen atoms in total. The summed E-state index contributed by atoms with van der Waals surface area (Å²) in [6, 6.07) is 0. The summed E-state index contributed by atoms with van der Waals surface area (Å²) in [5.74, 6) is 0. The predicted octanol–water partition coefficient (Wildman–Crippen LogP) is 0.245. The summed E-state index contributed by atoms with van der Waals surface area (Å²) in [5.41, 5.74) is 0.554. The summed E-state index contributed by atoms with van der Waals surface area (Å²) < 4.78 is 10.1. The number of nitrogens with one attached hydrogen (secondary N) is 1. The third-order valence-electron chi connectivity index (χ3n) is 0.587. The average Bonchev–Trinajstić information content (AvgIpc) is 1.59. The zero-order valence-corrected chi connectivity index (χ0v) is 6.06. The first-order valence-electron chi connectivity index (χ1n) is 2.36. The molecule has 9 heavy (non-hydrogen) atoms. The van der Waals surface area contributed by atoms with Crippen molar-refractivity contribution < 1.29 is 14.4 Å². The second-order valence-electron chi connectivity index (χ2n) is 1.78. The molecule has 0 fully saturated rings. The van der Waals surface area contributed by atoms with Gasteiger partial charge in [-0.2, -0.15) is 0 Å². The van der Waals surface area contributed by atoms with E-state index in [0.717, 1.165) is 0 Å². The Hall–Kier alpha value is -0.310. The van der Waals surface area contributed by atoms with Crippen LogP contribution in [0.4, 0.5) is 0 Å². The first kappa shape index (κ1) is 8.69. The van der Waals surface area contributed by atoms with Gasteiger partial charge < -0.3 is 15.1 Å². The monoisotopic (exact) mass is 151 g/mol. The van der Waals surface area contributed by atoms with Crippen molar-refractivity contribution in [3.63, 3.8) is 0 Å². The molecular formula is C4H10NO3P. The topological polar surface area (TPSA) is 69.6 Å². The maximum absolute atomic E-state index is 10.1. The Morgan fingerprint density at radius 3 is 2.33 bits per heavy atom. The van der Waals surface area contributed by atoms with Gasteiger partial charge in [-0.05, 0) is 6.92 Å². The molecular weight excluding hydrogens is 141 g/mol. The fourth-order valence-corrected chi connectivity index (χ4v) is 0.714. The minimum atomic E-state index is -3.89. The lowest BCUT2D eigenvalue weighted by Gasteiger charge is -2.05. The number of hydrogen-bond acceptors (Lipinski definition) is 2. The van der Waals surface area contributed by atoms with E-state index < -0.39 is 7.60 Å². The molecule has 0 spiro atoms. The van der Waals surface area contributed by atoms with Crippen LogP contribution in [0.5, 0.6) is 0 Å². The van der Waals surface area contributed by atoms with Gasteiger partial charge in [-0.15, -0.1) is 0 Å². The van der Waals surface area contributed by atoms with Crippen molar-refractivity contribution in [2.45, 2.75) is 6.92 Å². The van der Waals surface area contributed by atoms with Crippen LogP contribution in [0, 0.1) is 0 Å². The van der Waals surface area contributed by atoms with Crippen LogP contribution in [0.1, 0.15) is 6.92 Å². The Bertz CT molecular complexity index is 150. The van der Waals surface area contributed by atoms with Crippen molar-refractivity contribution in [3.05, 3.63) is 12.3 Å². The van der Waals surface area contributed by atoms with Crippen LogP contribution in [-0.2, 0) is 4.57 Å². The Morgan fingerprint density at radius 2 is 2.22 bits per heavy atom. The summed E-state index contributed by atoms with van der Waals surface area (Å²) in [4.78, 5) is 16.5. The van der Waals surface area contributed by atoms with Crippen LogP contribution < -0.4 is 5.32 Å². The number of allylic oxidation sites excluding steroid dienone is 1. The second kappa shape index (κ2) is 3.01. The highest BCUT2D eigenvalue weighted by Gasteiger charge is 2.10. The average molecular weight is 151 g/mol. The Labute approximate surface area is 53.7 Å². The largest absolute Gasteiger partial charge is 0.378 e. The molecule has 54 valence electrons. The lowest BCUT2D eigenvalue weighted by atomic mass is 10.6. The summed E-state index contributed by atoms with van der Waals surface area (Å²) in [6.45, 7) is 5.04. The molecule has 0 heterocycles. The lowest BCUT2D eigenvalue weighted by Crippen LogP contribution is -2.11. The molecule has 0 aliphatic carbocycles. The van der Waals surface area contributed by atoms with Gasteiger partial charge in [-0.1, -0.05) is 6.58 Å². The normalized spacial score (nSPS) is 11.0. The van der Waals surface area contributed by atoms with E-state index in [0.29, 0.717) is 5.70 Å². The van der Waals surface area contributed by atoms with E-state index in [1.807, 2.05) is 0 Å². The van der Waals surface area contributed by atoms with Crippen LogP contribution in [-0.4, -0.2) is 16.1 Å². The quantitative estimate of drug-likeness (QED) is 0.505. The minimum Gasteiger partial charge on any atom is -0.378 e. The molecule has 0 amide bonds. The van der Waals surface area contributed by atoms with Crippen LogP contribution in [0.3, 0.4) is 0 Å². The first-order valence-corrected chi connectivity index (χ1v) is 4.15. The van der Waals surface area contributed by atoms with E-state index in [1.165, 1.54) is 0 Å². The first-order chi connectivity index (χ1) is 3.92. The molecule has 0 saturated carbocycles. The van der Waals surface area contributed by atoms with E-state index in [-0.39, 0.29) is 6.29 Å². The van der Waals surface area contributed by atoms with Crippen molar-refractivity contribution in [1.82, 2.24) is 5.32 Å². The van der Waals surface area contributed by atoms with Crippen molar-refractivity contribution in [2.75, 3.05) is 6.29 Å². The highest BCUT2D eigenvalue weighted by atomic mass is 31.2. The predicted molar refractivity (Wildman–Crippen MR) is 34.9 cm³/mol. The maximum Gasteiger partial charge on any atom is 0.344 e. The summed E-state index contributed by atoms with van der Waals surface area (Å²) in [6.07, 6.45) is -0.331. The minimum absolute atomic E-state index is 0.331. The fraction of sp³-hybridized carbons (Fsp3) is 0.500. The van der Waals surface area contributed by atoms with Crippen LogP contribution in [0.25, 0.3) is 0 Å². The van der Waals surface area contributed by atoms with Crippen LogP contribution >= 0.6 is 7.60 Å². The SMILES string of the molecule is C=C(C)NCP(=O)(O)O. The van der Waals surface area contributed by atoms with Gasteiger partial charge in [0.05, 0.1) is 0 Å². The van der Waals surface area contributed by atoms with E-state index in [1.54, 1.807) is 6.92 Å². The third-order valence-corrected chi connectivity index (χ3v) is 1.16. The van der Waals surface area contributed by atoms with Gasteiger partial charge >= 0.3 is 7.60 Å². The summed E-state index contributed by atoms with van der Waals surface area (Å²) >= 11 is 0. The molecule has 3 N–H and O–H groups in total. The lowest BCUT2D eigenvalue weighted by molar-refractivity contribution is 0.370. The number of rotatable bonds is 3. The van der Waals surface area contributed by atoms with E-state index in [9.17, 15) is 4.57 Å². The van der Waals surface area contributed by atoms with Crippen LogP contribution in [0.2, 0.25) is 0 Å². The Balaban J connectivity index is 3.53. The second-order valence-corrected chi connectivity index (χ2v) is 3.43. The number of hydrogen-bond donors (Lipinski definition) is 3. The molecule has 0 radical (unpaired) electrons. The molecule has 5 heteroatoms. The molecule has 0 rings (SSSR count). The standard InChI is InChI=1S/C4H10NO3P/c1-4(2)5-3-9(6,7)8/h5H,1,3H2,2H3,(H2,6,7,8). The zero-order valence-electron chi connectivity index (χ0n) is 5.16. The van der Waals surface area contributed by atoms with Crippen molar-refractivity contribution in [1.29, 1.82) is 0 Å². The van der Waals surface area contributed by atoms with E-state index >= 15 is 0 Å². The third kappa shape index (κ3) is 7.69. The van der Waals surface area contributed by atoms with E-state index in [2.05, 4.69) is 11.9 Å². The van der Waals surface area contributed by atoms with Crippen molar-refractivity contribution in [3.8, 4) is 0 Å².